The normalized spacial score (nSPS) is 27.0. The molecule has 1 rings (SSSR count). The summed E-state index contributed by atoms with van der Waals surface area (Å²) in [5, 5.41) is 9.10. The summed E-state index contributed by atoms with van der Waals surface area (Å²) < 4.78 is 0. The second-order valence-corrected chi connectivity index (χ2v) is 6.03. The lowest BCUT2D eigenvalue weighted by Gasteiger charge is -2.31. The van der Waals surface area contributed by atoms with Gasteiger partial charge in [0.15, 0.2) is 0 Å². The van der Waals surface area contributed by atoms with Crippen LogP contribution < -0.4 is 5.73 Å². The molecule has 0 radical (unpaired) electrons. The zero-order chi connectivity index (χ0) is 13.4. The number of aliphatic carboxylic acids is 1. The summed E-state index contributed by atoms with van der Waals surface area (Å²) in [6, 6.07) is -1.37. The van der Waals surface area contributed by atoms with Crippen LogP contribution in [0, 0.1) is 11.3 Å². The summed E-state index contributed by atoms with van der Waals surface area (Å²) in [7, 11) is 0. The number of nitrogens with two attached hydrogens (primary N) is 1. The molecule has 0 aromatic carbocycles. The number of likely N-dealkylation sites (tertiary alicyclic amines) is 1. The highest BCUT2D eigenvalue weighted by atomic mass is 16.4. The molecule has 3 N–H and O–H groups in total. The quantitative estimate of drug-likeness (QED) is 0.746. The lowest BCUT2D eigenvalue weighted by Crippen LogP contribution is -2.53. The first-order valence-corrected chi connectivity index (χ1v) is 5.93. The molecule has 0 spiro atoms. The minimum atomic E-state index is -0.941. The molecule has 0 bridgehead atoms. The van der Waals surface area contributed by atoms with Gasteiger partial charge in [0.05, 0.1) is 6.04 Å². The summed E-state index contributed by atoms with van der Waals surface area (Å²) in [4.78, 5) is 24.7. The van der Waals surface area contributed by atoms with Crippen LogP contribution in [0.25, 0.3) is 0 Å². The van der Waals surface area contributed by atoms with Gasteiger partial charge < -0.3 is 15.7 Å². The van der Waals surface area contributed by atoms with Gasteiger partial charge in [-0.25, -0.2) is 4.79 Å². The molecule has 1 amide bonds. The van der Waals surface area contributed by atoms with Gasteiger partial charge in [-0.15, -0.1) is 0 Å². The third kappa shape index (κ3) is 2.97. The van der Waals surface area contributed by atoms with E-state index in [0.29, 0.717) is 13.0 Å². The van der Waals surface area contributed by atoms with E-state index in [2.05, 4.69) is 0 Å². The number of carboxylic acids is 1. The Labute approximate surface area is 102 Å². The Morgan fingerprint density at radius 3 is 2.35 bits per heavy atom. The Hall–Kier alpha value is -1.10. The third-order valence-electron chi connectivity index (χ3n) is 3.28. The van der Waals surface area contributed by atoms with Crippen LogP contribution in [0.15, 0.2) is 0 Å². The molecule has 1 fully saturated rings. The van der Waals surface area contributed by atoms with Crippen molar-refractivity contribution in [1.29, 1.82) is 0 Å². The van der Waals surface area contributed by atoms with E-state index in [1.807, 2.05) is 27.7 Å². The summed E-state index contributed by atoms with van der Waals surface area (Å²) in [5.74, 6) is -0.981. The molecule has 1 heterocycles. The molecule has 0 saturated carbocycles. The Kier molecular flexibility index (Phi) is 3.81. The number of amides is 1. The zero-order valence-corrected chi connectivity index (χ0v) is 10.9. The summed E-state index contributed by atoms with van der Waals surface area (Å²) in [6.07, 6.45) is 0.512. The average Bonchev–Trinajstić information content (AvgIpc) is 2.56. The molecule has 1 aliphatic heterocycles. The second kappa shape index (κ2) is 4.64. The van der Waals surface area contributed by atoms with Crippen molar-refractivity contribution < 1.29 is 14.7 Å². The molecule has 3 atom stereocenters. The standard InChI is InChI=1S/C12H22N2O3/c1-7-5-8(11(16)17)14(6-7)10(15)9(13)12(2,3)4/h7-9H,5-6,13H2,1-4H3,(H,16,17)/t7-,8+,9?/m1/s1. The minimum Gasteiger partial charge on any atom is -0.480 e. The smallest absolute Gasteiger partial charge is 0.326 e. The average molecular weight is 242 g/mol. The largest absolute Gasteiger partial charge is 0.480 e. The Bertz CT molecular complexity index is 322. The van der Waals surface area contributed by atoms with Gasteiger partial charge in [0.2, 0.25) is 5.91 Å². The molecule has 0 aliphatic carbocycles. The van der Waals surface area contributed by atoms with E-state index < -0.39 is 18.1 Å². The number of hydrogen-bond donors (Lipinski definition) is 2. The maximum atomic E-state index is 12.2. The number of nitrogens with zero attached hydrogens (tertiary/aromatic N) is 1. The van der Waals surface area contributed by atoms with Crippen LogP contribution in [0.5, 0.6) is 0 Å². The molecule has 1 saturated heterocycles. The molecule has 5 nitrogen and oxygen atoms in total. The van der Waals surface area contributed by atoms with Crippen LogP contribution in [0.2, 0.25) is 0 Å². The Morgan fingerprint density at radius 1 is 1.41 bits per heavy atom. The molecule has 1 aliphatic rings. The van der Waals surface area contributed by atoms with Gasteiger partial charge in [-0.1, -0.05) is 27.7 Å². The molecule has 1 unspecified atom stereocenters. The first-order chi connectivity index (χ1) is 7.64. The molecule has 0 aromatic heterocycles. The molecule has 0 aromatic rings. The first-order valence-electron chi connectivity index (χ1n) is 5.93. The fourth-order valence-electron chi connectivity index (χ4n) is 2.07. The van der Waals surface area contributed by atoms with Crippen LogP contribution in [-0.2, 0) is 9.59 Å². The van der Waals surface area contributed by atoms with Gasteiger partial charge in [-0.2, -0.15) is 0 Å². The van der Waals surface area contributed by atoms with Crippen molar-refractivity contribution in [2.75, 3.05) is 6.54 Å². The van der Waals surface area contributed by atoms with Crippen LogP contribution in [0.4, 0.5) is 0 Å². The van der Waals surface area contributed by atoms with Crippen LogP contribution >= 0.6 is 0 Å². The Balaban J connectivity index is 2.84. The number of carboxylic acid groups (broad SMARTS) is 1. The number of rotatable bonds is 2. The maximum Gasteiger partial charge on any atom is 0.326 e. The molecule has 98 valence electrons. The predicted molar refractivity (Wildman–Crippen MR) is 64.3 cm³/mol. The number of carbonyl (C=O) groups excluding carboxylic acids is 1. The highest BCUT2D eigenvalue weighted by Crippen LogP contribution is 2.27. The van der Waals surface area contributed by atoms with Gasteiger partial charge in [0.25, 0.3) is 0 Å². The minimum absolute atomic E-state index is 0.215. The van der Waals surface area contributed by atoms with Crippen molar-refractivity contribution in [2.45, 2.75) is 46.2 Å². The topological polar surface area (TPSA) is 83.6 Å². The van der Waals surface area contributed by atoms with Gasteiger partial charge in [-0.3, -0.25) is 4.79 Å². The Morgan fingerprint density at radius 2 is 1.94 bits per heavy atom. The fourth-order valence-corrected chi connectivity index (χ4v) is 2.07. The molecular weight excluding hydrogens is 220 g/mol. The monoisotopic (exact) mass is 242 g/mol. The SMILES string of the molecule is C[C@@H]1C[C@@H](C(=O)O)N(C(=O)C(N)C(C)(C)C)C1. The predicted octanol–water partition coefficient (Wildman–Crippen LogP) is 0.681. The van der Waals surface area contributed by atoms with Crippen LogP contribution in [0.1, 0.15) is 34.1 Å². The van der Waals surface area contributed by atoms with Crippen molar-refractivity contribution in [3.8, 4) is 0 Å². The third-order valence-corrected chi connectivity index (χ3v) is 3.28. The highest BCUT2D eigenvalue weighted by molar-refractivity contribution is 5.88. The van der Waals surface area contributed by atoms with E-state index in [9.17, 15) is 9.59 Å². The number of carbonyl (C=O) groups is 2. The maximum absolute atomic E-state index is 12.2. The van der Waals surface area contributed by atoms with Crippen LogP contribution in [0.3, 0.4) is 0 Å². The van der Waals surface area contributed by atoms with E-state index >= 15 is 0 Å². The lowest BCUT2D eigenvalue weighted by molar-refractivity contribution is -0.149. The van der Waals surface area contributed by atoms with Gasteiger partial charge in [0.1, 0.15) is 6.04 Å². The van der Waals surface area contributed by atoms with Gasteiger partial charge in [0, 0.05) is 6.54 Å². The highest BCUT2D eigenvalue weighted by Gasteiger charge is 2.41. The zero-order valence-electron chi connectivity index (χ0n) is 10.9. The second-order valence-electron chi connectivity index (χ2n) is 6.03. The van der Waals surface area contributed by atoms with Gasteiger partial charge >= 0.3 is 5.97 Å². The van der Waals surface area contributed by atoms with Crippen molar-refractivity contribution in [3.63, 3.8) is 0 Å². The van der Waals surface area contributed by atoms with Gasteiger partial charge in [-0.05, 0) is 17.8 Å². The van der Waals surface area contributed by atoms with E-state index in [1.54, 1.807) is 0 Å². The summed E-state index contributed by atoms with van der Waals surface area (Å²) in [5.41, 5.74) is 5.54. The number of hydrogen-bond acceptors (Lipinski definition) is 3. The van der Waals surface area contributed by atoms with Crippen LogP contribution in [-0.4, -0.2) is 40.5 Å². The molecule has 5 heteroatoms. The molecular formula is C12H22N2O3. The van der Waals surface area contributed by atoms with Crippen molar-refractivity contribution in [2.24, 2.45) is 17.1 Å². The van der Waals surface area contributed by atoms with E-state index in [1.165, 1.54) is 4.90 Å². The first kappa shape index (κ1) is 14.0. The van der Waals surface area contributed by atoms with E-state index in [-0.39, 0.29) is 17.2 Å². The fraction of sp³-hybridized carbons (Fsp3) is 0.833. The van der Waals surface area contributed by atoms with Crippen molar-refractivity contribution in [3.05, 3.63) is 0 Å². The summed E-state index contributed by atoms with van der Waals surface area (Å²) in [6.45, 7) is 8.08. The van der Waals surface area contributed by atoms with Crippen molar-refractivity contribution in [1.82, 2.24) is 4.90 Å². The van der Waals surface area contributed by atoms with E-state index in [0.717, 1.165) is 0 Å². The summed E-state index contributed by atoms with van der Waals surface area (Å²) >= 11 is 0. The van der Waals surface area contributed by atoms with Crippen molar-refractivity contribution >= 4 is 11.9 Å². The molecule has 17 heavy (non-hydrogen) atoms. The van der Waals surface area contributed by atoms with E-state index in [4.69, 9.17) is 10.8 Å². The lowest BCUT2D eigenvalue weighted by atomic mass is 9.86.